The predicted molar refractivity (Wildman–Crippen MR) is 50.2 cm³/mol. The lowest BCUT2D eigenvalue weighted by Gasteiger charge is -2.12. The first-order valence-electron chi connectivity index (χ1n) is 4.34. The molecule has 0 radical (unpaired) electrons. The fourth-order valence-corrected chi connectivity index (χ4v) is 1.35. The molecule has 0 saturated carbocycles. The number of ether oxygens (including phenoxy) is 2. The fourth-order valence-electron chi connectivity index (χ4n) is 1.35. The van der Waals surface area contributed by atoms with Crippen LogP contribution in [0.15, 0.2) is 36.3 Å². The molecular weight excluding hydrogens is 180 g/mol. The molecule has 3 nitrogen and oxygen atoms in total. The Balaban J connectivity index is 2.20. The molecule has 0 aromatic heterocycles. The highest BCUT2D eigenvalue weighted by atomic mass is 16.7. The van der Waals surface area contributed by atoms with Gasteiger partial charge in [0, 0.05) is 5.56 Å². The van der Waals surface area contributed by atoms with Crippen LogP contribution in [0.2, 0.25) is 0 Å². The molecule has 1 aromatic carbocycles. The molecule has 0 spiro atoms. The summed E-state index contributed by atoms with van der Waals surface area (Å²) in [6, 6.07) is 7.75. The second kappa shape index (κ2) is 3.54. The highest BCUT2D eigenvalue weighted by Gasteiger charge is 2.22. The maximum atomic E-state index is 10.4. The zero-order chi connectivity index (χ0) is 9.97. The number of carbonyl (C=O) groups is 1. The van der Waals surface area contributed by atoms with Gasteiger partial charge >= 0.3 is 0 Å². The molecular formula is C11H10O3. The van der Waals surface area contributed by atoms with Crippen molar-refractivity contribution < 1.29 is 14.3 Å². The number of aryl methyl sites for hydroxylation is 1. The van der Waals surface area contributed by atoms with Crippen LogP contribution >= 0.6 is 0 Å². The summed E-state index contributed by atoms with van der Waals surface area (Å²) in [5.74, 6) is 0.234. The Hall–Kier alpha value is -1.77. The van der Waals surface area contributed by atoms with Crippen molar-refractivity contribution in [1.82, 2.24) is 0 Å². The molecule has 1 aliphatic heterocycles. The molecule has 1 heterocycles. The maximum absolute atomic E-state index is 10.4. The van der Waals surface area contributed by atoms with E-state index in [-0.39, 0.29) is 5.76 Å². The van der Waals surface area contributed by atoms with E-state index in [0.29, 0.717) is 6.29 Å². The van der Waals surface area contributed by atoms with Crippen LogP contribution in [0.4, 0.5) is 0 Å². The lowest BCUT2D eigenvalue weighted by Crippen LogP contribution is -2.01. The Morgan fingerprint density at radius 2 is 2.14 bits per heavy atom. The fraction of sp³-hybridized carbons (Fsp3) is 0.182. The Morgan fingerprint density at radius 1 is 1.36 bits per heavy atom. The summed E-state index contributed by atoms with van der Waals surface area (Å²) >= 11 is 0. The highest BCUT2D eigenvalue weighted by Crippen LogP contribution is 2.29. The van der Waals surface area contributed by atoms with Crippen LogP contribution in [-0.4, -0.2) is 6.29 Å². The van der Waals surface area contributed by atoms with Crippen molar-refractivity contribution in [2.45, 2.75) is 13.2 Å². The van der Waals surface area contributed by atoms with E-state index in [1.807, 2.05) is 31.2 Å². The summed E-state index contributed by atoms with van der Waals surface area (Å²) in [6.45, 7) is 1.97. The Bertz CT molecular complexity index is 382. The minimum Gasteiger partial charge on any atom is -0.454 e. The van der Waals surface area contributed by atoms with Crippen LogP contribution in [-0.2, 0) is 14.3 Å². The molecule has 14 heavy (non-hydrogen) atoms. The van der Waals surface area contributed by atoms with Gasteiger partial charge in [0.15, 0.2) is 12.0 Å². The molecule has 0 bridgehead atoms. The molecule has 2 rings (SSSR count). The summed E-state index contributed by atoms with van der Waals surface area (Å²) < 4.78 is 10.5. The monoisotopic (exact) mass is 190 g/mol. The average Bonchev–Trinajstić information content (AvgIpc) is 2.67. The molecule has 1 unspecified atom stereocenters. The molecule has 1 aliphatic rings. The second-order valence-corrected chi connectivity index (χ2v) is 3.08. The van der Waals surface area contributed by atoms with E-state index < -0.39 is 6.29 Å². The molecule has 0 amide bonds. The van der Waals surface area contributed by atoms with Crippen molar-refractivity contribution in [2.75, 3.05) is 0 Å². The molecule has 72 valence electrons. The van der Waals surface area contributed by atoms with Gasteiger partial charge in [-0.05, 0) is 12.5 Å². The zero-order valence-electron chi connectivity index (χ0n) is 7.77. The third-order valence-corrected chi connectivity index (χ3v) is 2.11. The standard InChI is InChI=1S/C11H10O3/c1-8-4-2-3-5-10(8)11-13-7-9(6-12)14-11/h2-7,11H,1H3. The molecule has 0 N–H and O–H groups in total. The van der Waals surface area contributed by atoms with Crippen LogP contribution in [0.5, 0.6) is 0 Å². The number of hydrogen-bond acceptors (Lipinski definition) is 3. The second-order valence-electron chi connectivity index (χ2n) is 3.08. The summed E-state index contributed by atoms with van der Waals surface area (Å²) in [7, 11) is 0. The Labute approximate surface area is 81.9 Å². The lowest BCUT2D eigenvalue weighted by molar-refractivity contribution is -0.110. The van der Waals surface area contributed by atoms with Crippen LogP contribution in [0.3, 0.4) is 0 Å². The molecule has 1 atom stereocenters. The topological polar surface area (TPSA) is 35.5 Å². The highest BCUT2D eigenvalue weighted by molar-refractivity contribution is 5.70. The normalized spacial score (nSPS) is 19.5. The van der Waals surface area contributed by atoms with E-state index in [1.54, 1.807) is 0 Å². The number of rotatable bonds is 2. The smallest absolute Gasteiger partial charge is 0.267 e. The average molecular weight is 190 g/mol. The van der Waals surface area contributed by atoms with Gasteiger partial charge in [-0.15, -0.1) is 0 Å². The van der Waals surface area contributed by atoms with Crippen molar-refractivity contribution in [2.24, 2.45) is 0 Å². The van der Waals surface area contributed by atoms with Crippen molar-refractivity contribution in [3.05, 3.63) is 47.4 Å². The van der Waals surface area contributed by atoms with Crippen molar-refractivity contribution in [1.29, 1.82) is 0 Å². The molecule has 0 fully saturated rings. The van der Waals surface area contributed by atoms with Gasteiger partial charge in [0.05, 0.1) is 0 Å². The minimum atomic E-state index is -0.476. The molecule has 3 heteroatoms. The summed E-state index contributed by atoms with van der Waals surface area (Å²) in [6.07, 6.45) is 1.50. The van der Waals surface area contributed by atoms with Crippen molar-refractivity contribution in [3.63, 3.8) is 0 Å². The van der Waals surface area contributed by atoms with E-state index in [0.717, 1.165) is 11.1 Å². The van der Waals surface area contributed by atoms with Crippen molar-refractivity contribution in [3.8, 4) is 0 Å². The first kappa shape index (κ1) is 8.81. The Kier molecular flexibility index (Phi) is 2.23. The quantitative estimate of drug-likeness (QED) is 0.670. The van der Waals surface area contributed by atoms with Crippen molar-refractivity contribution >= 4 is 6.29 Å². The summed E-state index contributed by atoms with van der Waals surface area (Å²) in [5, 5.41) is 0. The summed E-state index contributed by atoms with van der Waals surface area (Å²) in [4.78, 5) is 10.4. The van der Waals surface area contributed by atoms with Gasteiger partial charge in [-0.1, -0.05) is 24.3 Å². The lowest BCUT2D eigenvalue weighted by atomic mass is 10.1. The third-order valence-electron chi connectivity index (χ3n) is 2.11. The van der Waals surface area contributed by atoms with E-state index >= 15 is 0 Å². The van der Waals surface area contributed by atoms with E-state index in [9.17, 15) is 4.79 Å². The van der Waals surface area contributed by atoms with E-state index in [2.05, 4.69) is 0 Å². The van der Waals surface area contributed by atoms with Gasteiger partial charge in [-0.2, -0.15) is 0 Å². The van der Waals surface area contributed by atoms with Gasteiger partial charge in [0.1, 0.15) is 6.26 Å². The maximum Gasteiger partial charge on any atom is 0.267 e. The van der Waals surface area contributed by atoms with Gasteiger partial charge in [-0.3, -0.25) is 4.79 Å². The zero-order valence-corrected chi connectivity index (χ0v) is 7.77. The van der Waals surface area contributed by atoms with Gasteiger partial charge < -0.3 is 9.47 Å². The minimum absolute atomic E-state index is 0.234. The Morgan fingerprint density at radius 3 is 2.79 bits per heavy atom. The molecule has 0 saturated heterocycles. The van der Waals surface area contributed by atoms with E-state index in [1.165, 1.54) is 6.26 Å². The first-order chi connectivity index (χ1) is 6.81. The van der Waals surface area contributed by atoms with Gasteiger partial charge in [0.2, 0.25) is 0 Å². The van der Waals surface area contributed by atoms with Crippen LogP contribution < -0.4 is 0 Å². The number of carbonyl (C=O) groups excluding carboxylic acids is 1. The number of allylic oxidation sites excluding steroid dienone is 1. The number of benzene rings is 1. The van der Waals surface area contributed by atoms with Crippen LogP contribution in [0.25, 0.3) is 0 Å². The number of hydrogen-bond donors (Lipinski definition) is 0. The summed E-state index contributed by atoms with van der Waals surface area (Å²) in [5.41, 5.74) is 2.03. The van der Waals surface area contributed by atoms with E-state index in [4.69, 9.17) is 9.47 Å². The SMILES string of the molecule is Cc1ccccc1C1OC=C(C=O)O1. The predicted octanol–water partition coefficient (Wildman–Crippen LogP) is 2.08. The number of aldehydes is 1. The van der Waals surface area contributed by atoms with Gasteiger partial charge in [0.25, 0.3) is 6.29 Å². The molecule has 0 aliphatic carbocycles. The van der Waals surface area contributed by atoms with Crippen LogP contribution in [0, 0.1) is 6.92 Å². The van der Waals surface area contributed by atoms with Gasteiger partial charge in [-0.25, -0.2) is 0 Å². The van der Waals surface area contributed by atoms with Crippen LogP contribution in [0.1, 0.15) is 17.4 Å². The molecule has 1 aromatic rings. The first-order valence-corrected chi connectivity index (χ1v) is 4.34. The largest absolute Gasteiger partial charge is 0.454 e. The third kappa shape index (κ3) is 1.48.